The van der Waals surface area contributed by atoms with Gasteiger partial charge in [0.15, 0.2) is 0 Å². The first kappa shape index (κ1) is 14.3. The van der Waals surface area contributed by atoms with E-state index in [0.29, 0.717) is 30.6 Å². The van der Waals surface area contributed by atoms with Gasteiger partial charge in [-0.3, -0.25) is 0 Å². The first-order valence-electron chi connectivity index (χ1n) is 6.12. The summed E-state index contributed by atoms with van der Waals surface area (Å²) in [6.45, 7) is 7.12. The van der Waals surface area contributed by atoms with Crippen LogP contribution in [0.1, 0.15) is 5.56 Å². The fraction of sp³-hybridized carbons (Fsp3) is 0.357. The normalized spacial score (nSPS) is 15.1. The van der Waals surface area contributed by atoms with Crippen molar-refractivity contribution in [2.45, 2.75) is 0 Å². The van der Waals surface area contributed by atoms with Crippen molar-refractivity contribution in [3.8, 4) is 5.75 Å². The number of thiocarbonyl (C=S) groups is 1. The highest BCUT2D eigenvalue weighted by molar-refractivity contribution is 7.80. The van der Waals surface area contributed by atoms with Gasteiger partial charge in [0.05, 0.1) is 18.2 Å². The number of benzene rings is 1. The molecule has 0 radical (unpaired) electrons. The molecule has 1 aliphatic heterocycles. The molecular formula is C14H16ClNO2S. The molecule has 0 unspecified atom stereocenters. The van der Waals surface area contributed by atoms with Gasteiger partial charge in [0.25, 0.3) is 0 Å². The quantitative estimate of drug-likeness (QED) is 0.629. The third kappa shape index (κ3) is 3.69. The highest BCUT2D eigenvalue weighted by Gasteiger charge is 2.16. The Hall–Kier alpha value is -1.10. The summed E-state index contributed by atoms with van der Waals surface area (Å²) in [5.74, 6) is 0.648. The molecule has 0 bridgehead atoms. The van der Waals surface area contributed by atoms with Crippen molar-refractivity contribution in [3.63, 3.8) is 0 Å². The summed E-state index contributed by atoms with van der Waals surface area (Å²) < 4.78 is 10.8. The van der Waals surface area contributed by atoms with Crippen molar-refractivity contribution < 1.29 is 9.47 Å². The molecule has 0 amide bonds. The van der Waals surface area contributed by atoms with E-state index in [1.54, 1.807) is 6.08 Å². The third-order valence-electron chi connectivity index (χ3n) is 2.83. The molecule has 1 heterocycles. The number of hydrogen-bond acceptors (Lipinski definition) is 3. The molecule has 0 aromatic heterocycles. The Balaban J connectivity index is 2.09. The second-order valence-corrected chi connectivity index (χ2v) is 4.94. The van der Waals surface area contributed by atoms with Crippen LogP contribution in [0.2, 0.25) is 5.02 Å². The Morgan fingerprint density at radius 3 is 2.84 bits per heavy atom. The zero-order valence-corrected chi connectivity index (χ0v) is 12.2. The zero-order valence-electron chi connectivity index (χ0n) is 10.6. The maximum atomic E-state index is 6.19. The molecule has 2 rings (SSSR count). The zero-order chi connectivity index (χ0) is 13.7. The second kappa shape index (κ2) is 6.89. The van der Waals surface area contributed by atoms with Gasteiger partial charge in [0, 0.05) is 18.7 Å². The lowest BCUT2D eigenvalue weighted by Gasteiger charge is -2.29. The minimum Gasteiger partial charge on any atom is -0.488 e. The summed E-state index contributed by atoms with van der Waals surface area (Å²) >= 11 is 11.7. The molecule has 0 spiro atoms. The van der Waals surface area contributed by atoms with Crippen LogP contribution in [0.5, 0.6) is 5.75 Å². The van der Waals surface area contributed by atoms with Crippen molar-refractivity contribution in [2.24, 2.45) is 0 Å². The van der Waals surface area contributed by atoms with E-state index < -0.39 is 0 Å². The lowest BCUT2D eigenvalue weighted by Crippen LogP contribution is -2.40. The van der Waals surface area contributed by atoms with Crippen LogP contribution in [-0.2, 0) is 4.74 Å². The van der Waals surface area contributed by atoms with E-state index in [4.69, 9.17) is 33.3 Å². The summed E-state index contributed by atoms with van der Waals surface area (Å²) in [5, 5.41) is 0.565. The molecule has 19 heavy (non-hydrogen) atoms. The van der Waals surface area contributed by atoms with Gasteiger partial charge in [-0.1, -0.05) is 36.5 Å². The fourth-order valence-corrected chi connectivity index (χ4v) is 2.39. The SMILES string of the molecule is C=CCOc1ccc(C(=S)N2CCOCC2)cc1Cl. The number of morpholine rings is 1. The Morgan fingerprint density at radius 2 is 2.21 bits per heavy atom. The van der Waals surface area contributed by atoms with E-state index in [-0.39, 0.29) is 0 Å². The Morgan fingerprint density at radius 1 is 1.47 bits per heavy atom. The lowest BCUT2D eigenvalue weighted by atomic mass is 10.2. The Labute approximate surface area is 123 Å². The summed E-state index contributed by atoms with van der Waals surface area (Å²) in [4.78, 5) is 2.94. The van der Waals surface area contributed by atoms with Crippen LogP contribution in [0.4, 0.5) is 0 Å². The largest absolute Gasteiger partial charge is 0.488 e. The molecule has 0 saturated carbocycles. The molecule has 3 nitrogen and oxygen atoms in total. The lowest BCUT2D eigenvalue weighted by molar-refractivity contribution is 0.0693. The molecule has 1 aliphatic rings. The summed E-state index contributed by atoms with van der Waals surface area (Å²) in [6.07, 6.45) is 1.68. The van der Waals surface area contributed by atoms with Gasteiger partial charge in [0.2, 0.25) is 0 Å². The molecule has 1 aromatic carbocycles. The van der Waals surface area contributed by atoms with Gasteiger partial charge in [-0.25, -0.2) is 0 Å². The van der Waals surface area contributed by atoms with Crippen molar-refractivity contribution >= 4 is 28.8 Å². The van der Waals surface area contributed by atoms with Gasteiger partial charge < -0.3 is 14.4 Å². The number of hydrogen-bond donors (Lipinski definition) is 0. The average Bonchev–Trinajstić information content (AvgIpc) is 2.46. The van der Waals surface area contributed by atoms with Gasteiger partial charge in [-0.15, -0.1) is 0 Å². The van der Waals surface area contributed by atoms with E-state index in [9.17, 15) is 0 Å². The van der Waals surface area contributed by atoms with E-state index in [1.807, 2.05) is 18.2 Å². The third-order valence-corrected chi connectivity index (χ3v) is 3.62. The Bertz CT molecular complexity index is 473. The standard InChI is InChI=1S/C14H16ClNO2S/c1-2-7-18-13-4-3-11(10-12(13)15)14(19)16-5-8-17-9-6-16/h2-4,10H,1,5-9H2. The first-order valence-corrected chi connectivity index (χ1v) is 6.91. The van der Waals surface area contributed by atoms with Crippen molar-refractivity contribution in [2.75, 3.05) is 32.9 Å². The Kier molecular flexibility index (Phi) is 5.19. The molecule has 1 aromatic rings. The fourth-order valence-electron chi connectivity index (χ4n) is 1.85. The van der Waals surface area contributed by atoms with Crippen LogP contribution >= 0.6 is 23.8 Å². The molecule has 1 fully saturated rings. The van der Waals surface area contributed by atoms with Gasteiger partial charge in [0.1, 0.15) is 17.3 Å². The molecule has 5 heteroatoms. The van der Waals surface area contributed by atoms with Crippen LogP contribution in [0.15, 0.2) is 30.9 Å². The van der Waals surface area contributed by atoms with E-state index >= 15 is 0 Å². The van der Waals surface area contributed by atoms with Crippen molar-refractivity contribution in [1.82, 2.24) is 4.90 Å². The topological polar surface area (TPSA) is 21.7 Å². The number of rotatable bonds is 4. The molecule has 0 aliphatic carbocycles. The van der Waals surface area contributed by atoms with Crippen molar-refractivity contribution in [1.29, 1.82) is 0 Å². The molecular weight excluding hydrogens is 282 g/mol. The maximum absolute atomic E-state index is 6.19. The number of halogens is 1. The van der Waals surface area contributed by atoms with Crippen LogP contribution in [0, 0.1) is 0 Å². The molecule has 0 N–H and O–H groups in total. The number of ether oxygens (including phenoxy) is 2. The predicted octanol–water partition coefficient (Wildman–Crippen LogP) is 2.91. The van der Waals surface area contributed by atoms with Gasteiger partial charge in [-0.2, -0.15) is 0 Å². The maximum Gasteiger partial charge on any atom is 0.138 e. The second-order valence-electron chi connectivity index (χ2n) is 4.15. The predicted molar refractivity (Wildman–Crippen MR) is 81.2 cm³/mol. The van der Waals surface area contributed by atoms with Crippen LogP contribution in [0.25, 0.3) is 0 Å². The highest BCUT2D eigenvalue weighted by Crippen LogP contribution is 2.26. The molecule has 102 valence electrons. The van der Waals surface area contributed by atoms with E-state index in [1.165, 1.54) is 0 Å². The highest BCUT2D eigenvalue weighted by atomic mass is 35.5. The van der Waals surface area contributed by atoms with Gasteiger partial charge in [-0.05, 0) is 18.2 Å². The van der Waals surface area contributed by atoms with Gasteiger partial charge >= 0.3 is 0 Å². The minimum atomic E-state index is 0.437. The van der Waals surface area contributed by atoms with Crippen LogP contribution in [-0.4, -0.2) is 42.8 Å². The van der Waals surface area contributed by atoms with E-state index in [2.05, 4.69) is 11.5 Å². The minimum absolute atomic E-state index is 0.437. The number of nitrogens with zero attached hydrogens (tertiary/aromatic N) is 1. The molecule has 0 atom stereocenters. The smallest absolute Gasteiger partial charge is 0.138 e. The average molecular weight is 298 g/mol. The van der Waals surface area contributed by atoms with Crippen LogP contribution < -0.4 is 4.74 Å². The van der Waals surface area contributed by atoms with Crippen molar-refractivity contribution in [3.05, 3.63) is 41.4 Å². The first-order chi connectivity index (χ1) is 9.22. The monoisotopic (exact) mass is 297 g/mol. The molecule has 1 saturated heterocycles. The summed E-state index contributed by atoms with van der Waals surface area (Å²) in [7, 11) is 0. The summed E-state index contributed by atoms with van der Waals surface area (Å²) in [6, 6.07) is 5.62. The van der Waals surface area contributed by atoms with E-state index in [0.717, 1.165) is 23.6 Å². The van der Waals surface area contributed by atoms with Crippen LogP contribution in [0.3, 0.4) is 0 Å². The summed E-state index contributed by atoms with van der Waals surface area (Å²) in [5.41, 5.74) is 0.938.